The Morgan fingerprint density at radius 1 is 0.490 bits per heavy atom. The van der Waals surface area contributed by atoms with E-state index in [1.54, 1.807) is 25.3 Å². The maximum absolute atomic E-state index is 15.0. The van der Waals surface area contributed by atoms with Gasteiger partial charge in [-0.3, -0.25) is 14.4 Å². The lowest BCUT2D eigenvalue weighted by molar-refractivity contribution is 0.0941. The number of hydrogen-bond donors (Lipinski definition) is 6. The predicted molar refractivity (Wildman–Crippen MR) is 394 cm³/mol. The van der Waals surface area contributed by atoms with E-state index in [2.05, 4.69) is 75.2 Å². The highest BCUT2D eigenvalue weighted by Gasteiger charge is 2.31. The van der Waals surface area contributed by atoms with Crippen LogP contribution in [0.25, 0.3) is 66.9 Å². The Morgan fingerprint density at radius 2 is 0.971 bits per heavy atom. The van der Waals surface area contributed by atoms with Gasteiger partial charge in [-0.15, -0.1) is 5.10 Å². The third-order valence-corrected chi connectivity index (χ3v) is 19.7. The Kier molecular flexibility index (Phi) is 19.8. The van der Waals surface area contributed by atoms with Crippen LogP contribution in [0.5, 0.6) is 0 Å². The molecule has 4 atom stereocenters. The normalized spacial score (nSPS) is 16.3. The quantitative estimate of drug-likeness (QED) is 0.0490. The number of carbonyl (C=O) groups excluding carboxylic acids is 3. The number of hydrogen-bond acceptors (Lipinski definition) is 17. The summed E-state index contributed by atoms with van der Waals surface area (Å²) in [6.45, 7) is 8.70. The summed E-state index contributed by atoms with van der Waals surface area (Å²) in [5, 5.41) is 33.5. The highest BCUT2D eigenvalue weighted by molar-refractivity contribution is 6.01. The van der Waals surface area contributed by atoms with Crippen molar-refractivity contribution in [3.63, 3.8) is 0 Å². The molecule has 2 fully saturated rings. The highest BCUT2D eigenvalue weighted by atomic mass is 19.1. The number of nitrogen functional groups attached to an aromatic ring is 3. The van der Waals surface area contributed by atoms with Crippen LogP contribution in [-0.2, 0) is 19.6 Å². The number of carbonyl (C=O) groups is 3. The second kappa shape index (κ2) is 30.0. The van der Waals surface area contributed by atoms with Crippen molar-refractivity contribution in [2.24, 2.45) is 5.92 Å². The number of rotatable bonds is 16. The molecule has 0 saturated heterocycles. The smallest absolute Gasteiger partial charge is 0.251 e. The van der Waals surface area contributed by atoms with Crippen molar-refractivity contribution in [1.29, 1.82) is 0 Å². The standard InChI is InChI=1S/C27H25N9O.C26H28N6O.C25H24F2N6O/c1-17-4-2-3-5-22(17)27(37)29-15-18-6-8-19(9-7-18)24-23-25(28)30-16-31-26(23)36(33-24)21-11-10-20(14-21)35-13-12-32-34-35;1-16-7-12-20(13-16)32-25-22(24(27)29-15-30-25)23(31-32)19-10-8-18(9-11-19)14-28-26(33)21-6-4-3-5-17(21)2;1-14-6-9-17(26)11-19(14)25(34)29-12-16-8-7-15(10-20(16)27)22-21-23(28)30-13-31-24(21)33(32-22)18-4-2-3-5-18/h2-13,16,20-21H,14-15H2,1H3,(H,29,37)(H2,28,30,31);3-6,8-11,15-16,20H,7,12-14H2,1-2H3,(H,28,33)(H2,27,29,30);6-11,13,18H,2-5,12H2,1H3,(H,29,34)(H2,28,30,31). The van der Waals surface area contributed by atoms with Gasteiger partial charge in [-0.05, 0) is 123 Å². The van der Waals surface area contributed by atoms with Gasteiger partial charge in [0.25, 0.3) is 17.7 Å². The molecule has 526 valence electrons. The predicted octanol–water partition coefficient (Wildman–Crippen LogP) is 13.0. The Morgan fingerprint density at radius 3 is 1.49 bits per heavy atom. The number of anilines is 3. The van der Waals surface area contributed by atoms with Gasteiger partial charge in [0.15, 0.2) is 16.9 Å². The minimum absolute atomic E-state index is 0.00400. The van der Waals surface area contributed by atoms with Gasteiger partial charge >= 0.3 is 0 Å². The SMILES string of the molecule is Cc1ccc(F)cc1C(=O)NCc1ccc(-c2nn(C3CCCC3)c3ncnc(N)c23)cc1F.Cc1ccccc1C(=O)NCc1ccc(-c2nn(C3C=CC(n4ccnn4)C3)c3ncnc(N)c23)cc1.Cc1ccccc1C(=O)NCc1ccc(-c2nn(C3CCC(C)C3)c3ncnc(N)c23)cc1. The van der Waals surface area contributed by atoms with Gasteiger partial charge in [0, 0.05) is 64.8 Å². The molecule has 24 nitrogen and oxygen atoms in total. The monoisotopic (exact) mass is 1390 g/mol. The van der Waals surface area contributed by atoms with Crippen LogP contribution < -0.4 is 33.2 Å². The van der Waals surface area contributed by atoms with Gasteiger partial charge in [-0.25, -0.2) is 57.4 Å². The van der Waals surface area contributed by atoms with Crippen LogP contribution in [0.2, 0.25) is 0 Å². The molecule has 3 aliphatic rings. The fourth-order valence-corrected chi connectivity index (χ4v) is 14.0. The Labute approximate surface area is 597 Å². The number of aromatic nitrogens is 15. The van der Waals surface area contributed by atoms with Crippen molar-refractivity contribution in [2.75, 3.05) is 17.2 Å². The molecule has 0 radical (unpaired) electrons. The number of benzene rings is 6. The fourth-order valence-electron chi connectivity index (χ4n) is 14.0. The Bertz CT molecular complexity index is 5360. The molecule has 7 aromatic heterocycles. The summed E-state index contributed by atoms with van der Waals surface area (Å²) in [4.78, 5) is 63.5. The molecular formula is C78H77F2N21O3. The average molecular weight is 1390 g/mol. The number of nitrogens with two attached hydrogens (primary N) is 3. The average Bonchev–Trinajstić information content (AvgIpc) is 1.62. The third kappa shape index (κ3) is 14.4. The lowest BCUT2D eigenvalue weighted by Gasteiger charge is -2.13. The maximum atomic E-state index is 15.0. The van der Waals surface area contributed by atoms with E-state index in [0.717, 1.165) is 106 Å². The summed E-state index contributed by atoms with van der Waals surface area (Å²) >= 11 is 0. The molecule has 9 N–H and O–H groups in total. The lowest BCUT2D eigenvalue weighted by Crippen LogP contribution is -2.24. The van der Waals surface area contributed by atoms with E-state index in [1.165, 1.54) is 49.7 Å². The van der Waals surface area contributed by atoms with E-state index in [1.807, 2.05) is 136 Å². The summed E-state index contributed by atoms with van der Waals surface area (Å²) < 4.78 is 36.2. The molecule has 104 heavy (non-hydrogen) atoms. The van der Waals surface area contributed by atoms with Gasteiger partial charge in [0.1, 0.15) is 65.2 Å². The van der Waals surface area contributed by atoms with E-state index < -0.39 is 17.5 Å². The van der Waals surface area contributed by atoms with Crippen molar-refractivity contribution in [3.8, 4) is 33.8 Å². The number of halogens is 2. The molecule has 2 saturated carbocycles. The topological polar surface area (TPSA) is 327 Å². The molecule has 7 heterocycles. The molecule has 6 aromatic carbocycles. The zero-order valence-corrected chi connectivity index (χ0v) is 57.8. The molecule has 0 spiro atoms. The number of nitrogens with one attached hydrogen (secondary N) is 3. The Hall–Kier alpha value is -12.5. The lowest BCUT2D eigenvalue weighted by atomic mass is 10.1. The van der Waals surface area contributed by atoms with Crippen LogP contribution in [0.4, 0.5) is 26.2 Å². The van der Waals surface area contributed by atoms with Crippen LogP contribution in [0.3, 0.4) is 0 Å². The molecule has 16 rings (SSSR count). The van der Waals surface area contributed by atoms with E-state index in [-0.39, 0.29) is 42.0 Å². The summed E-state index contributed by atoms with van der Waals surface area (Å²) in [6, 6.07) is 40.5. The van der Waals surface area contributed by atoms with Gasteiger partial charge in [0.05, 0.1) is 46.5 Å². The van der Waals surface area contributed by atoms with E-state index in [4.69, 9.17) is 32.5 Å². The molecular weight excluding hydrogens is 1320 g/mol. The fraction of sp³-hybridized carbons (Fsp3) is 0.256. The maximum Gasteiger partial charge on any atom is 0.251 e. The molecule has 0 bridgehead atoms. The first-order valence-corrected chi connectivity index (χ1v) is 34.7. The largest absolute Gasteiger partial charge is 0.383 e. The highest BCUT2D eigenvalue weighted by Crippen LogP contribution is 2.41. The van der Waals surface area contributed by atoms with E-state index >= 15 is 4.39 Å². The summed E-state index contributed by atoms with van der Waals surface area (Å²) in [5.74, 6) is 0.191. The first-order valence-electron chi connectivity index (χ1n) is 34.7. The molecule has 13 aromatic rings. The van der Waals surface area contributed by atoms with Crippen LogP contribution in [0.15, 0.2) is 177 Å². The Balaban J connectivity index is 0.000000132. The number of allylic oxidation sites excluding steroid dienone is 2. The zero-order chi connectivity index (χ0) is 72.1. The van der Waals surface area contributed by atoms with Crippen molar-refractivity contribution in [2.45, 2.75) is 123 Å². The third-order valence-electron chi connectivity index (χ3n) is 19.7. The zero-order valence-electron chi connectivity index (χ0n) is 57.8. The van der Waals surface area contributed by atoms with Crippen molar-refractivity contribution in [1.82, 2.24) is 90.2 Å². The van der Waals surface area contributed by atoms with Crippen LogP contribution >= 0.6 is 0 Å². The minimum atomic E-state index is -0.501. The van der Waals surface area contributed by atoms with Gasteiger partial charge < -0.3 is 33.2 Å². The van der Waals surface area contributed by atoms with Gasteiger partial charge in [-0.1, -0.05) is 140 Å². The van der Waals surface area contributed by atoms with Crippen LogP contribution in [0, 0.1) is 38.3 Å². The molecule has 26 heteroatoms. The second-order valence-corrected chi connectivity index (χ2v) is 26.7. The van der Waals surface area contributed by atoms with E-state index in [9.17, 15) is 18.8 Å². The first kappa shape index (κ1) is 68.6. The number of nitrogens with zero attached hydrogens (tertiary/aromatic N) is 15. The van der Waals surface area contributed by atoms with Gasteiger partial charge in [-0.2, -0.15) is 15.3 Å². The number of fused-ring (bicyclic) bond motifs is 3. The van der Waals surface area contributed by atoms with Crippen LogP contribution in [-0.4, -0.2) is 92.0 Å². The number of amides is 3. The van der Waals surface area contributed by atoms with Gasteiger partial charge in [0.2, 0.25) is 0 Å². The molecule has 3 aliphatic carbocycles. The summed E-state index contributed by atoms with van der Waals surface area (Å²) in [6.07, 6.45) is 20.6. The first-order chi connectivity index (χ1) is 50.5. The minimum Gasteiger partial charge on any atom is -0.383 e. The van der Waals surface area contributed by atoms with E-state index in [0.29, 0.717) is 92.7 Å². The van der Waals surface area contributed by atoms with Crippen molar-refractivity contribution < 1.29 is 23.2 Å². The summed E-state index contributed by atoms with van der Waals surface area (Å²) in [5.41, 5.74) is 31.8. The number of aryl methyl sites for hydroxylation is 3. The van der Waals surface area contributed by atoms with Crippen molar-refractivity contribution >= 4 is 68.3 Å². The summed E-state index contributed by atoms with van der Waals surface area (Å²) in [7, 11) is 0. The van der Waals surface area contributed by atoms with Crippen LogP contribution in [0.1, 0.15) is 147 Å². The second-order valence-electron chi connectivity index (χ2n) is 26.7. The molecule has 3 amide bonds. The molecule has 4 unspecified atom stereocenters. The van der Waals surface area contributed by atoms with Crippen molar-refractivity contribution in [3.05, 3.63) is 239 Å². The molecule has 0 aliphatic heterocycles.